The highest BCUT2D eigenvalue weighted by Gasteiger charge is 2.24. The van der Waals surface area contributed by atoms with Crippen LogP contribution in [0.2, 0.25) is 4.34 Å². The third-order valence-corrected chi connectivity index (χ3v) is 6.67. The van der Waals surface area contributed by atoms with Crippen molar-refractivity contribution in [1.82, 2.24) is 9.47 Å². The normalized spacial score (nSPS) is 17.4. The fraction of sp³-hybridized carbons (Fsp3) is 0.350. The maximum atomic E-state index is 12.5. The van der Waals surface area contributed by atoms with E-state index in [0.29, 0.717) is 38.3 Å². The van der Waals surface area contributed by atoms with Gasteiger partial charge in [-0.05, 0) is 57.1 Å². The van der Waals surface area contributed by atoms with Gasteiger partial charge in [-0.3, -0.25) is 9.36 Å². The van der Waals surface area contributed by atoms with Crippen molar-refractivity contribution in [2.75, 3.05) is 18.9 Å². The van der Waals surface area contributed by atoms with E-state index >= 15 is 0 Å². The highest BCUT2D eigenvalue weighted by atomic mass is 35.5. The Morgan fingerprint density at radius 1 is 1.29 bits per heavy atom. The first-order valence-electron chi connectivity index (χ1n) is 9.25. The van der Waals surface area contributed by atoms with Gasteiger partial charge in [0.25, 0.3) is 5.91 Å². The maximum absolute atomic E-state index is 12.5. The summed E-state index contributed by atoms with van der Waals surface area (Å²) in [7, 11) is 2.11. The van der Waals surface area contributed by atoms with Gasteiger partial charge in [0.1, 0.15) is 0 Å². The lowest BCUT2D eigenvalue weighted by atomic mass is 10.1. The topological polar surface area (TPSA) is 77.7 Å². The average Bonchev–Trinajstić information content (AvgIpc) is 3.34. The van der Waals surface area contributed by atoms with Crippen LogP contribution in [-0.2, 0) is 6.54 Å². The molecule has 1 unspecified atom stereocenters. The van der Waals surface area contributed by atoms with Crippen LogP contribution < -0.4 is 5.32 Å². The largest absolute Gasteiger partial charge is 0.494 e. The summed E-state index contributed by atoms with van der Waals surface area (Å²) in [5, 5.41) is 25.2. The van der Waals surface area contributed by atoms with Crippen molar-refractivity contribution in [3.8, 4) is 11.8 Å². The van der Waals surface area contributed by atoms with Gasteiger partial charge < -0.3 is 20.4 Å². The highest BCUT2D eigenvalue weighted by Crippen LogP contribution is 2.41. The Bertz CT molecular complexity index is 1030. The fourth-order valence-electron chi connectivity index (χ4n) is 3.92. The number of thiophene rings is 1. The van der Waals surface area contributed by atoms with E-state index in [4.69, 9.17) is 11.6 Å². The van der Waals surface area contributed by atoms with Crippen molar-refractivity contribution in [3.05, 3.63) is 39.5 Å². The van der Waals surface area contributed by atoms with Crippen molar-refractivity contribution >= 4 is 45.3 Å². The predicted octanol–water partition coefficient (Wildman–Crippen LogP) is 4.50. The molecule has 1 fully saturated rings. The van der Waals surface area contributed by atoms with Crippen LogP contribution in [0.4, 0.5) is 5.69 Å². The summed E-state index contributed by atoms with van der Waals surface area (Å²) < 4.78 is 2.06. The van der Waals surface area contributed by atoms with E-state index in [-0.39, 0.29) is 17.7 Å². The Labute approximate surface area is 172 Å². The Morgan fingerprint density at radius 3 is 2.79 bits per heavy atom. The molecule has 3 aromatic rings. The molecule has 1 atom stereocenters. The standard InChI is InChI=1S/C20H22ClN3O3S/c1-23-10-3-4-12(23)9-11-24-19(26)13-5-2-6-14(17(13)20(24)27)22-18(25)15-7-8-16(21)28-15/h2,5-8,12,26-27H,3-4,9-11H2,1H3,(H,22,25). The molecule has 2 aromatic heterocycles. The quantitative estimate of drug-likeness (QED) is 0.568. The molecule has 3 heterocycles. The number of fused-ring (bicyclic) bond motifs is 1. The molecular weight excluding hydrogens is 398 g/mol. The van der Waals surface area contributed by atoms with E-state index in [9.17, 15) is 15.0 Å². The molecule has 148 valence electrons. The Kier molecular flexibility index (Phi) is 5.23. The summed E-state index contributed by atoms with van der Waals surface area (Å²) in [4.78, 5) is 15.3. The molecule has 0 saturated carbocycles. The van der Waals surface area contributed by atoms with Crippen molar-refractivity contribution in [2.24, 2.45) is 0 Å². The molecule has 4 rings (SSSR count). The van der Waals surface area contributed by atoms with Crippen LogP contribution in [0, 0.1) is 0 Å². The molecular formula is C20H22ClN3O3S. The van der Waals surface area contributed by atoms with Crippen molar-refractivity contribution in [2.45, 2.75) is 31.8 Å². The minimum Gasteiger partial charge on any atom is -0.494 e. The molecule has 6 nitrogen and oxygen atoms in total. The number of halogens is 1. The summed E-state index contributed by atoms with van der Waals surface area (Å²) >= 11 is 7.10. The molecule has 0 bridgehead atoms. The Morgan fingerprint density at radius 2 is 2.11 bits per heavy atom. The number of nitrogens with one attached hydrogen (secondary N) is 1. The molecule has 3 N–H and O–H groups in total. The van der Waals surface area contributed by atoms with Gasteiger partial charge in [-0.1, -0.05) is 17.7 Å². The van der Waals surface area contributed by atoms with Crippen LogP contribution in [-0.4, -0.2) is 45.2 Å². The maximum Gasteiger partial charge on any atom is 0.265 e. The number of hydrogen-bond acceptors (Lipinski definition) is 5. The van der Waals surface area contributed by atoms with Crippen LogP contribution in [0.3, 0.4) is 0 Å². The minimum atomic E-state index is -0.302. The monoisotopic (exact) mass is 419 g/mol. The van der Waals surface area contributed by atoms with Crippen molar-refractivity contribution in [3.63, 3.8) is 0 Å². The van der Waals surface area contributed by atoms with Crippen LogP contribution in [0.15, 0.2) is 30.3 Å². The lowest BCUT2D eigenvalue weighted by molar-refractivity contribution is 0.103. The number of aromatic nitrogens is 1. The summed E-state index contributed by atoms with van der Waals surface area (Å²) in [6.45, 7) is 1.59. The first-order chi connectivity index (χ1) is 13.5. The number of aromatic hydroxyl groups is 2. The lowest BCUT2D eigenvalue weighted by Gasteiger charge is -2.19. The molecule has 1 amide bonds. The van der Waals surface area contributed by atoms with E-state index in [2.05, 4.69) is 17.3 Å². The Balaban J connectivity index is 1.62. The number of hydrogen-bond donors (Lipinski definition) is 3. The first-order valence-corrected chi connectivity index (χ1v) is 10.4. The second kappa shape index (κ2) is 7.66. The van der Waals surface area contributed by atoms with E-state index in [0.717, 1.165) is 19.4 Å². The highest BCUT2D eigenvalue weighted by molar-refractivity contribution is 7.18. The lowest BCUT2D eigenvalue weighted by Crippen LogP contribution is -2.25. The average molecular weight is 420 g/mol. The van der Waals surface area contributed by atoms with Crippen LogP contribution >= 0.6 is 22.9 Å². The van der Waals surface area contributed by atoms with Crippen LogP contribution in [0.5, 0.6) is 11.8 Å². The van der Waals surface area contributed by atoms with Crippen molar-refractivity contribution < 1.29 is 15.0 Å². The first kappa shape index (κ1) is 19.1. The number of carbonyl (C=O) groups is 1. The number of carbonyl (C=O) groups excluding carboxylic acids is 1. The third kappa shape index (κ3) is 3.45. The molecule has 1 aliphatic rings. The molecule has 1 aliphatic heterocycles. The molecule has 0 radical (unpaired) electrons. The van der Waals surface area contributed by atoms with E-state index < -0.39 is 0 Å². The summed E-state index contributed by atoms with van der Waals surface area (Å²) in [5.41, 5.74) is 0.455. The van der Waals surface area contributed by atoms with Gasteiger partial charge >= 0.3 is 0 Å². The van der Waals surface area contributed by atoms with Gasteiger partial charge in [0.15, 0.2) is 0 Å². The van der Waals surface area contributed by atoms with Gasteiger partial charge in [0, 0.05) is 18.0 Å². The van der Waals surface area contributed by atoms with Gasteiger partial charge in [-0.25, -0.2) is 0 Å². The van der Waals surface area contributed by atoms with Crippen LogP contribution in [0.1, 0.15) is 28.9 Å². The van der Waals surface area contributed by atoms with Gasteiger partial charge in [0.2, 0.25) is 11.8 Å². The summed E-state index contributed by atoms with van der Waals surface area (Å²) in [6.07, 6.45) is 3.15. The van der Waals surface area contributed by atoms with Gasteiger partial charge in [-0.15, -0.1) is 11.3 Å². The molecule has 1 aromatic carbocycles. The number of rotatable bonds is 5. The fourth-order valence-corrected chi connectivity index (χ4v) is 4.86. The van der Waals surface area contributed by atoms with E-state index in [1.165, 1.54) is 22.3 Å². The molecule has 28 heavy (non-hydrogen) atoms. The summed E-state index contributed by atoms with van der Waals surface area (Å²) in [5.74, 6) is -0.319. The number of likely N-dealkylation sites (tertiary alicyclic amines) is 1. The van der Waals surface area contributed by atoms with Crippen molar-refractivity contribution in [1.29, 1.82) is 0 Å². The zero-order valence-electron chi connectivity index (χ0n) is 15.5. The van der Waals surface area contributed by atoms with E-state index in [1.807, 2.05) is 0 Å². The van der Waals surface area contributed by atoms with Gasteiger partial charge in [0.05, 0.1) is 20.3 Å². The summed E-state index contributed by atoms with van der Waals surface area (Å²) in [6, 6.07) is 8.97. The Hall–Kier alpha value is -2.22. The second-order valence-corrected chi connectivity index (χ2v) is 8.87. The van der Waals surface area contributed by atoms with E-state index in [1.54, 1.807) is 30.3 Å². The zero-order valence-corrected chi connectivity index (χ0v) is 17.1. The third-order valence-electron chi connectivity index (χ3n) is 5.44. The molecule has 1 saturated heterocycles. The number of amides is 1. The second-order valence-electron chi connectivity index (χ2n) is 7.15. The predicted molar refractivity (Wildman–Crippen MR) is 113 cm³/mol. The number of anilines is 1. The smallest absolute Gasteiger partial charge is 0.265 e. The number of nitrogens with zero attached hydrogens (tertiary/aromatic N) is 2. The molecule has 0 spiro atoms. The minimum absolute atomic E-state index is 0.0171. The van der Waals surface area contributed by atoms with Gasteiger partial charge in [-0.2, -0.15) is 0 Å². The zero-order chi connectivity index (χ0) is 19.8. The van der Waals surface area contributed by atoms with Crippen LogP contribution in [0.25, 0.3) is 10.8 Å². The molecule has 8 heteroatoms. The SMILES string of the molecule is CN1CCCC1CCn1c(O)c2cccc(NC(=O)c3ccc(Cl)s3)c2c1O. The number of benzene rings is 1. The molecule has 0 aliphatic carbocycles.